The van der Waals surface area contributed by atoms with Crippen LogP contribution in [0.25, 0.3) is 0 Å². The summed E-state index contributed by atoms with van der Waals surface area (Å²) in [5, 5.41) is 11.7. The van der Waals surface area contributed by atoms with Crippen molar-refractivity contribution in [3.63, 3.8) is 0 Å². The number of hydrogen-bond donors (Lipinski definition) is 0. The third-order valence-corrected chi connectivity index (χ3v) is 3.03. The van der Waals surface area contributed by atoms with Gasteiger partial charge in [-0.15, -0.1) is 0 Å². The minimum atomic E-state index is -1.18. The molecule has 0 N–H and O–H groups in total. The molecule has 1 saturated heterocycles. The van der Waals surface area contributed by atoms with E-state index in [1.165, 1.54) is 10.0 Å². The Bertz CT molecular complexity index is 521. The van der Waals surface area contributed by atoms with Gasteiger partial charge in [-0.05, 0) is 12.0 Å². The van der Waals surface area contributed by atoms with E-state index in [1.54, 1.807) is 6.07 Å². The van der Waals surface area contributed by atoms with Gasteiger partial charge in [0, 0.05) is 6.54 Å². The quantitative estimate of drug-likeness (QED) is 0.764. The van der Waals surface area contributed by atoms with Gasteiger partial charge in [-0.2, -0.15) is 5.26 Å². The van der Waals surface area contributed by atoms with E-state index in [1.807, 2.05) is 37.3 Å². The number of benzene rings is 1. The standard InChI is InChI=1S/C14H15N3O2/c1-2-8-16-13(18)12(9-15)14(19)17(16)10-11-6-4-3-5-7-11/h3-7,12H,2,8,10H2,1H3. The first-order chi connectivity index (χ1) is 9.19. The van der Waals surface area contributed by atoms with Gasteiger partial charge in [-0.25, -0.2) is 10.0 Å². The van der Waals surface area contributed by atoms with Gasteiger partial charge in [0.05, 0.1) is 12.6 Å². The molecule has 5 heteroatoms. The highest BCUT2D eigenvalue weighted by molar-refractivity contribution is 6.07. The molecule has 1 unspecified atom stereocenters. The first-order valence-corrected chi connectivity index (χ1v) is 6.25. The Kier molecular flexibility index (Phi) is 3.81. The molecular formula is C14H15N3O2. The van der Waals surface area contributed by atoms with Crippen LogP contribution in [-0.2, 0) is 16.1 Å². The summed E-state index contributed by atoms with van der Waals surface area (Å²) in [5.41, 5.74) is 0.934. The van der Waals surface area contributed by atoms with E-state index in [9.17, 15) is 9.59 Å². The lowest BCUT2D eigenvalue weighted by atomic mass is 10.1. The molecule has 1 aliphatic rings. The Hall–Kier alpha value is -2.35. The molecule has 0 aliphatic carbocycles. The second-order valence-electron chi connectivity index (χ2n) is 4.40. The van der Waals surface area contributed by atoms with E-state index >= 15 is 0 Å². The normalized spacial score (nSPS) is 18.8. The second-order valence-corrected chi connectivity index (χ2v) is 4.40. The van der Waals surface area contributed by atoms with Crippen LogP contribution in [0.1, 0.15) is 18.9 Å². The molecule has 1 aromatic carbocycles. The lowest BCUT2D eigenvalue weighted by molar-refractivity contribution is -0.148. The Morgan fingerprint density at radius 2 is 1.79 bits per heavy atom. The van der Waals surface area contributed by atoms with Gasteiger partial charge >= 0.3 is 0 Å². The van der Waals surface area contributed by atoms with Crippen LogP contribution < -0.4 is 0 Å². The molecule has 98 valence electrons. The van der Waals surface area contributed by atoms with Crippen molar-refractivity contribution in [2.45, 2.75) is 19.9 Å². The van der Waals surface area contributed by atoms with Crippen LogP contribution in [0.4, 0.5) is 0 Å². The lowest BCUT2D eigenvalue weighted by Gasteiger charge is -2.27. The van der Waals surface area contributed by atoms with E-state index in [0.717, 1.165) is 12.0 Å². The molecule has 1 fully saturated rings. The number of carbonyl (C=O) groups excluding carboxylic acids is 2. The van der Waals surface area contributed by atoms with Crippen molar-refractivity contribution >= 4 is 11.8 Å². The van der Waals surface area contributed by atoms with Gasteiger partial charge in [0.15, 0.2) is 0 Å². The fourth-order valence-corrected chi connectivity index (χ4v) is 2.11. The summed E-state index contributed by atoms with van der Waals surface area (Å²) in [7, 11) is 0. The second kappa shape index (κ2) is 5.53. The van der Waals surface area contributed by atoms with Crippen molar-refractivity contribution in [1.29, 1.82) is 5.26 Å². The predicted octanol–water partition coefficient (Wildman–Crippen LogP) is 1.32. The van der Waals surface area contributed by atoms with Crippen molar-refractivity contribution in [2.75, 3.05) is 6.54 Å². The number of hydrazine groups is 1. The Labute approximate surface area is 112 Å². The summed E-state index contributed by atoms with van der Waals surface area (Å²) >= 11 is 0. The van der Waals surface area contributed by atoms with E-state index < -0.39 is 17.7 Å². The molecule has 19 heavy (non-hydrogen) atoms. The summed E-state index contributed by atoms with van der Waals surface area (Å²) in [4.78, 5) is 24.1. The maximum absolute atomic E-state index is 12.1. The zero-order chi connectivity index (χ0) is 13.8. The zero-order valence-electron chi connectivity index (χ0n) is 10.7. The summed E-state index contributed by atoms with van der Waals surface area (Å²) in [6.07, 6.45) is 0.739. The third kappa shape index (κ3) is 2.43. The molecule has 2 amide bonds. The molecule has 2 rings (SSSR count). The first-order valence-electron chi connectivity index (χ1n) is 6.25. The van der Waals surface area contributed by atoms with Crippen LogP contribution in [0.5, 0.6) is 0 Å². The van der Waals surface area contributed by atoms with Gasteiger partial charge in [0.1, 0.15) is 0 Å². The van der Waals surface area contributed by atoms with E-state index in [2.05, 4.69) is 0 Å². The van der Waals surface area contributed by atoms with Crippen LogP contribution in [0.3, 0.4) is 0 Å². The highest BCUT2D eigenvalue weighted by Gasteiger charge is 2.45. The van der Waals surface area contributed by atoms with Crippen molar-refractivity contribution in [1.82, 2.24) is 10.0 Å². The number of carbonyl (C=O) groups is 2. The van der Waals surface area contributed by atoms with Crippen LogP contribution in [0.15, 0.2) is 30.3 Å². The fraction of sp³-hybridized carbons (Fsp3) is 0.357. The Morgan fingerprint density at radius 3 is 2.37 bits per heavy atom. The van der Waals surface area contributed by atoms with Crippen LogP contribution in [-0.4, -0.2) is 28.4 Å². The average molecular weight is 257 g/mol. The van der Waals surface area contributed by atoms with E-state index in [4.69, 9.17) is 5.26 Å². The first kappa shape index (κ1) is 13.1. The monoisotopic (exact) mass is 257 g/mol. The van der Waals surface area contributed by atoms with Gasteiger partial charge < -0.3 is 0 Å². The molecule has 1 aliphatic heterocycles. The van der Waals surface area contributed by atoms with Crippen molar-refractivity contribution in [2.24, 2.45) is 5.92 Å². The van der Waals surface area contributed by atoms with Crippen molar-refractivity contribution in [3.05, 3.63) is 35.9 Å². The molecule has 0 aromatic heterocycles. The zero-order valence-corrected chi connectivity index (χ0v) is 10.7. The molecule has 0 radical (unpaired) electrons. The predicted molar refractivity (Wildman–Crippen MR) is 68.1 cm³/mol. The summed E-state index contributed by atoms with van der Waals surface area (Å²) < 4.78 is 0. The number of nitrogens with zero attached hydrogens (tertiary/aromatic N) is 3. The van der Waals surface area contributed by atoms with Gasteiger partial charge in [-0.3, -0.25) is 9.59 Å². The molecule has 1 aromatic rings. The summed E-state index contributed by atoms with van der Waals surface area (Å²) in [5.74, 6) is -2.02. The maximum Gasteiger partial charge on any atom is 0.268 e. The topological polar surface area (TPSA) is 64.4 Å². The number of amides is 2. The number of rotatable bonds is 4. The fourth-order valence-electron chi connectivity index (χ4n) is 2.11. The van der Waals surface area contributed by atoms with E-state index in [-0.39, 0.29) is 0 Å². The smallest absolute Gasteiger partial charge is 0.268 e. The Morgan fingerprint density at radius 1 is 1.16 bits per heavy atom. The van der Waals surface area contributed by atoms with E-state index in [0.29, 0.717) is 13.1 Å². The third-order valence-electron chi connectivity index (χ3n) is 3.03. The lowest BCUT2D eigenvalue weighted by Crippen LogP contribution is -2.40. The van der Waals surface area contributed by atoms with Gasteiger partial charge in [-0.1, -0.05) is 37.3 Å². The number of nitriles is 1. The SMILES string of the molecule is CCCN1C(=O)C(C#N)C(=O)N1Cc1ccccc1. The molecule has 0 bridgehead atoms. The molecule has 0 spiro atoms. The highest BCUT2D eigenvalue weighted by Crippen LogP contribution is 2.22. The molecule has 5 nitrogen and oxygen atoms in total. The minimum Gasteiger partial charge on any atom is -0.271 e. The largest absolute Gasteiger partial charge is 0.271 e. The summed E-state index contributed by atoms with van der Waals surface area (Å²) in [6, 6.07) is 11.2. The highest BCUT2D eigenvalue weighted by atomic mass is 16.2. The molecule has 0 saturated carbocycles. The van der Waals surface area contributed by atoms with Crippen LogP contribution in [0.2, 0.25) is 0 Å². The summed E-state index contributed by atoms with van der Waals surface area (Å²) in [6.45, 7) is 2.71. The van der Waals surface area contributed by atoms with Crippen LogP contribution >= 0.6 is 0 Å². The maximum atomic E-state index is 12.1. The minimum absolute atomic E-state index is 0.323. The Balaban J connectivity index is 2.24. The number of hydrogen-bond acceptors (Lipinski definition) is 3. The average Bonchev–Trinajstić information content (AvgIpc) is 2.64. The van der Waals surface area contributed by atoms with Crippen LogP contribution in [0, 0.1) is 17.2 Å². The van der Waals surface area contributed by atoms with Crippen molar-refractivity contribution < 1.29 is 9.59 Å². The molecule has 1 atom stereocenters. The molecule has 1 heterocycles. The molecular weight excluding hydrogens is 242 g/mol. The van der Waals surface area contributed by atoms with Crippen molar-refractivity contribution in [3.8, 4) is 6.07 Å². The van der Waals surface area contributed by atoms with Gasteiger partial charge in [0.25, 0.3) is 11.8 Å². The van der Waals surface area contributed by atoms with Gasteiger partial charge in [0.2, 0.25) is 5.92 Å².